The Kier molecular flexibility index (Phi) is 3.95. The average Bonchev–Trinajstić information content (AvgIpc) is 2.73. The Morgan fingerprint density at radius 1 is 1.35 bits per heavy atom. The Hall–Kier alpha value is -2.47. The van der Waals surface area contributed by atoms with Gasteiger partial charge >= 0.3 is 0 Å². The van der Waals surface area contributed by atoms with E-state index in [0.717, 1.165) is 23.5 Å². The molecule has 1 N–H and O–H groups in total. The molecule has 0 aliphatic carbocycles. The fraction of sp³-hybridized carbons (Fsp3) is 0.235. The molecule has 1 heterocycles. The van der Waals surface area contributed by atoms with Gasteiger partial charge < -0.3 is 9.88 Å². The van der Waals surface area contributed by atoms with Crippen molar-refractivity contribution >= 4 is 11.6 Å². The molecule has 0 aliphatic heterocycles. The van der Waals surface area contributed by atoms with Crippen LogP contribution in [0.4, 0.5) is 5.69 Å². The first-order valence-corrected chi connectivity index (χ1v) is 6.61. The third-order valence-electron chi connectivity index (χ3n) is 3.42. The smallest absolute Gasteiger partial charge is 0.257 e. The topological polar surface area (TPSA) is 34.0 Å². The highest BCUT2D eigenvalue weighted by Gasteiger charge is 2.15. The number of nitrogens with one attached hydrogen (secondary N) is 1. The molecule has 2 aromatic rings. The lowest BCUT2D eigenvalue weighted by molar-refractivity contribution is 0.102. The van der Waals surface area contributed by atoms with E-state index < -0.39 is 0 Å². The number of benzene rings is 1. The molecule has 2 rings (SSSR count). The minimum absolute atomic E-state index is 0.105. The number of nitrogens with zero attached hydrogens (tertiary/aromatic N) is 1. The lowest BCUT2D eigenvalue weighted by atomic mass is 10.2. The summed E-state index contributed by atoms with van der Waals surface area (Å²) in [7, 11) is 0. The van der Waals surface area contributed by atoms with Gasteiger partial charge in [-0.2, -0.15) is 0 Å². The van der Waals surface area contributed by atoms with Crippen molar-refractivity contribution in [3.8, 4) is 12.3 Å². The number of hydrogen-bond donors (Lipinski definition) is 1. The highest BCUT2D eigenvalue weighted by Crippen LogP contribution is 2.17. The summed E-state index contributed by atoms with van der Waals surface area (Å²) in [4.78, 5) is 12.3. The minimum Gasteiger partial charge on any atom is -0.349 e. The molecule has 0 aliphatic rings. The Balaban J connectivity index is 2.26. The van der Waals surface area contributed by atoms with Crippen LogP contribution in [0.15, 0.2) is 30.3 Å². The first-order chi connectivity index (χ1) is 9.56. The van der Waals surface area contributed by atoms with Crippen molar-refractivity contribution in [1.29, 1.82) is 0 Å². The van der Waals surface area contributed by atoms with Crippen LogP contribution in [-0.4, -0.2) is 10.5 Å². The summed E-state index contributed by atoms with van der Waals surface area (Å²) in [6.07, 6.45) is 5.36. The van der Waals surface area contributed by atoms with Gasteiger partial charge in [0.25, 0.3) is 5.91 Å². The number of anilines is 1. The Bertz CT molecular complexity index is 690. The third-order valence-corrected chi connectivity index (χ3v) is 3.42. The van der Waals surface area contributed by atoms with Crippen molar-refractivity contribution in [2.24, 2.45) is 0 Å². The van der Waals surface area contributed by atoms with Crippen LogP contribution in [0.5, 0.6) is 0 Å². The largest absolute Gasteiger partial charge is 0.349 e. The quantitative estimate of drug-likeness (QED) is 0.849. The fourth-order valence-corrected chi connectivity index (χ4v) is 2.40. The molecule has 1 amide bonds. The van der Waals surface area contributed by atoms with Crippen molar-refractivity contribution < 1.29 is 4.79 Å². The van der Waals surface area contributed by atoms with Crippen molar-refractivity contribution in [2.75, 3.05) is 5.32 Å². The predicted octanol–water partition coefficient (Wildman–Crippen LogP) is 3.36. The van der Waals surface area contributed by atoms with Crippen LogP contribution in [0, 0.1) is 26.2 Å². The van der Waals surface area contributed by atoms with E-state index in [9.17, 15) is 4.79 Å². The maximum absolute atomic E-state index is 12.3. The molecule has 0 fully saturated rings. The zero-order valence-electron chi connectivity index (χ0n) is 12.0. The summed E-state index contributed by atoms with van der Waals surface area (Å²) in [5.74, 6) is 2.45. The van der Waals surface area contributed by atoms with Crippen LogP contribution in [0.2, 0.25) is 0 Å². The molecule has 3 nitrogen and oxygen atoms in total. The maximum atomic E-state index is 12.3. The van der Waals surface area contributed by atoms with Gasteiger partial charge in [0.1, 0.15) is 0 Å². The second-order valence-electron chi connectivity index (χ2n) is 4.71. The van der Waals surface area contributed by atoms with E-state index in [1.54, 1.807) is 6.07 Å². The van der Waals surface area contributed by atoms with Gasteiger partial charge in [-0.15, -0.1) is 6.42 Å². The van der Waals surface area contributed by atoms with Crippen molar-refractivity contribution in [3.63, 3.8) is 0 Å². The van der Waals surface area contributed by atoms with E-state index in [4.69, 9.17) is 6.42 Å². The second kappa shape index (κ2) is 5.66. The van der Waals surface area contributed by atoms with Gasteiger partial charge in [-0.25, -0.2) is 0 Å². The SMILES string of the molecule is C#Cc1cccc(NC(=O)c2cc(C)n(CC)c2C)c1. The van der Waals surface area contributed by atoms with Gasteiger partial charge in [-0.05, 0) is 45.0 Å². The second-order valence-corrected chi connectivity index (χ2v) is 4.71. The Morgan fingerprint density at radius 2 is 2.10 bits per heavy atom. The van der Waals surface area contributed by atoms with Crippen molar-refractivity contribution in [3.05, 3.63) is 52.8 Å². The highest BCUT2D eigenvalue weighted by molar-refractivity contribution is 6.05. The Labute approximate surface area is 119 Å². The van der Waals surface area contributed by atoms with Gasteiger partial charge in [0.2, 0.25) is 0 Å². The number of carbonyl (C=O) groups excluding carboxylic acids is 1. The lowest BCUT2D eigenvalue weighted by Crippen LogP contribution is -2.13. The van der Waals surface area contributed by atoms with Crippen LogP contribution >= 0.6 is 0 Å². The molecule has 0 spiro atoms. The molecule has 0 saturated heterocycles. The van der Waals surface area contributed by atoms with Crippen LogP contribution < -0.4 is 5.32 Å². The van der Waals surface area contributed by atoms with Crippen LogP contribution in [0.1, 0.15) is 34.2 Å². The number of carbonyl (C=O) groups is 1. The molecular formula is C17H18N2O. The van der Waals surface area contributed by atoms with E-state index in [0.29, 0.717) is 11.3 Å². The Morgan fingerprint density at radius 3 is 2.70 bits per heavy atom. The van der Waals surface area contributed by atoms with E-state index in [-0.39, 0.29) is 5.91 Å². The first-order valence-electron chi connectivity index (χ1n) is 6.61. The molecule has 0 atom stereocenters. The van der Waals surface area contributed by atoms with Crippen LogP contribution in [0.3, 0.4) is 0 Å². The maximum Gasteiger partial charge on any atom is 0.257 e. The monoisotopic (exact) mass is 266 g/mol. The number of rotatable bonds is 3. The average molecular weight is 266 g/mol. The van der Waals surface area contributed by atoms with Crippen LogP contribution in [-0.2, 0) is 6.54 Å². The number of amides is 1. The van der Waals surface area contributed by atoms with Gasteiger partial charge in [0, 0.05) is 29.2 Å². The summed E-state index contributed by atoms with van der Waals surface area (Å²) in [6, 6.07) is 9.20. The van der Waals surface area contributed by atoms with Crippen molar-refractivity contribution in [1.82, 2.24) is 4.57 Å². The van der Waals surface area contributed by atoms with Crippen LogP contribution in [0.25, 0.3) is 0 Å². The molecule has 1 aromatic carbocycles. The fourth-order valence-electron chi connectivity index (χ4n) is 2.40. The molecule has 0 bridgehead atoms. The minimum atomic E-state index is -0.105. The third kappa shape index (κ3) is 2.60. The first kappa shape index (κ1) is 14.0. The lowest BCUT2D eigenvalue weighted by Gasteiger charge is -2.07. The van der Waals surface area contributed by atoms with Gasteiger partial charge in [0.15, 0.2) is 0 Å². The summed E-state index contributed by atoms with van der Waals surface area (Å²) in [6.45, 7) is 6.89. The van der Waals surface area contributed by atoms with E-state index >= 15 is 0 Å². The molecule has 0 unspecified atom stereocenters. The van der Waals surface area contributed by atoms with E-state index in [1.165, 1.54) is 0 Å². The normalized spacial score (nSPS) is 10.1. The van der Waals surface area contributed by atoms with Gasteiger partial charge in [-0.1, -0.05) is 12.0 Å². The molecule has 0 saturated carbocycles. The van der Waals surface area contributed by atoms with Crippen molar-refractivity contribution in [2.45, 2.75) is 27.3 Å². The zero-order chi connectivity index (χ0) is 14.7. The standard InChI is InChI=1S/C17H18N2O/c1-5-14-8-7-9-15(11-14)18-17(20)16-10-12(3)19(6-2)13(16)4/h1,7-11H,6H2,2-4H3,(H,18,20). The summed E-state index contributed by atoms with van der Waals surface area (Å²) in [5.41, 5.74) is 4.24. The molecule has 20 heavy (non-hydrogen) atoms. The van der Waals surface area contributed by atoms with Gasteiger partial charge in [0.05, 0.1) is 5.56 Å². The summed E-state index contributed by atoms with van der Waals surface area (Å²) < 4.78 is 2.12. The number of aromatic nitrogens is 1. The zero-order valence-corrected chi connectivity index (χ0v) is 12.0. The molecular weight excluding hydrogens is 248 g/mol. The number of terminal acetylenes is 1. The number of hydrogen-bond acceptors (Lipinski definition) is 1. The highest BCUT2D eigenvalue weighted by atomic mass is 16.1. The summed E-state index contributed by atoms with van der Waals surface area (Å²) >= 11 is 0. The summed E-state index contributed by atoms with van der Waals surface area (Å²) in [5, 5.41) is 2.89. The molecule has 102 valence electrons. The van der Waals surface area contributed by atoms with E-state index in [2.05, 4.69) is 22.7 Å². The predicted molar refractivity (Wildman–Crippen MR) is 81.9 cm³/mol. The van der Waals surface area contributed by atoms with Gasteiger partial charge in [-0.3, -0.25) is 4.79 Å². The van der Waals surface area contributed by atoms with E-state index in [1.807, 2.05) is 38.1 Å². The number of aryl methyl sites for hydroxylation is 1. The molecule has 3 heteroatoms. The molecule has 1 aromatic heterocycles. The molecule has 0 radical (unpaired) electrons.